The highest BCUT2D eigenvalue weighted by Crippen LogP contribution is 2.31. The van der Waals surface area contributed by atoms with E-state index < -0.39 is 6.04 Å². The molecule has 2 aromatic carbocycles. The standard InChI is InChI=1S/C26H34N2O2/c1-26(2,3)27-24(29)23(21-15-9-5-10-16-21)28(19-20-13-7-4-8-14-20)25(30)22-17-11-6-12-18-22/h4,6-8,11-14,17-18,21,23H,5,9-10,15-16,19H2,1-3H3,(H,27,29)/t23-/m0/s1. The van der Waals surface area contributed by atoms with Crippen molar-refractivity contribution in [2.75, 3.05) is 0 Å². The molecule has 3 rings (SSSR count). The van der Waals surface area contributed by atoms with Gasteiger partial charge in [-0.2, -0.15) is 0 Å². The molecule has 0 heterocycles. The fraction of sp³-hybridized carbons (Fsp3) is 0.462. The molecular formula is C26H34N2O2. The first-order valence-corrected chi connectivity index (χ1v) is 11.1. The van der Waals surface area contributed by atoms with Crippen molar-refractivity contribution in [2.45, 2.75) is 71.0 Å². The average Bonchev–Trinajstić information content (AvgIpc) is 2.73. The average molecular weight is 407 g/mol. The molecule has 0 spiro atoms. The number of rotatable bonds is 6. The lowest BCUT2D eigenvalue weighted by molar-refractivity contribution is -0.129. The second kappa shape index (κ2) is 9.92. The first-order chi connectivity index (χ1) is 14.3. The minimum Gasteiger partial charge on any atom is -0.350 e. The number of nitrogens with one attached hydrogen (secondary N) is 1. The highest BCUT2D eigenvalue weighted by atomic mass is 16.2. The molecule has 1 fully saturated rings. The molecule has 1 atom stereocenters. The van der Waals surface area contributed by atoms with Gasteiger partial charge in [0, 0.05) is 17.6 Å². The van der Waals surface area contributed by atoms with Crippen LogP contribution in [0.3, 0.4) is 0 Å². The van der Waals surface area contributed by atoms with Gasteiger partial charge in [0.15, 0.2) is 0 Å². The number of amides is 2. The van der Waals surface area contributed by atoms with Crippen molar-refractivity contribution in [2.24, 2.45) is 5.92 Å². The van der Waals surface area contributed by atoms with Gasteiger partial charge >= 0.3 is 0 Å². The summed E-state index contributed by atoms with van der Waals surface area (Å²) in [6.07, 6.45) is 5.39. The van der Waals surface area contributed by atoms with Crippen molar-refractivity contribution in [3.05, 3.63) is 71.8 Å². The van der Waals surface area contributed by atoms with Crippen LogP contribution in [0.15, 0.2) is 60.7 Å². The van der Waals surface area contributed by atoms with E-state index in [1.54, 1.807) is 0 Å². The molecule has 0 bridgehead atoms. The van der Waals surface area contributed by atoms with E-state index in [1.165, 1.54) is 6.42 Å². The molecule has 0 radical (unpaired) electrons. The lowest BCUT2D eigenvalue weighted by Crippen LogP contribution is -2.56. The Morgan fingerprint density at radius 1 is 0.933 bits per heavy atom. The van der Waals surface area contributed by atoms with Gasteiger partial charge < -0.3 is 10.2 Å². The van der Waals surface area contributed by atoms with Gasteiger partial charge in [0.2, 0.25) is 5.91 Å². The van der Waals surface area contributed by atoms with Crippen LogP contribution in [-0.4, -0.2) is 28.3 Å². The van der Waals surface area contributed by atoms with Crippen LogP contribution in [0.25, 0.3) is 0 Å². The van der Waals surface area contributed by atoms with Crippen molar-refractivity contribution in [1.82, 2.24) is 10.2 Å². The molecule has 0 saturated heterocycles. The minimum atomic E-state index is -0.475. The molecule has 0 aliphatic heterocycles. The van der Waals surface area contributed by atoms with Gasteiger partial charge in [0.05, 0.1) is 0 Å². The zero-order chi connectivity index (χ0) is 21.6. The maximum atomic E-state index is 13.6. The minimum absolute atomic E-state index is 0.0467. The third kappa shape index (κ3) is 5.94. The SMILES string of the molecule is CC(C)(C)NC(=O)[C@H](C1CCCCC1)N(Cc1ccccc1)C(=O)c1ccccc1. The Hall–Kier alpha value is -2.62. The smallest absolute Gasteiger partial charge is 0.254 e. The maximum Gasteiger partial charge on any atom is 0.254 e. The monoisotopic (exact) mass is 406 g/mol. The number of hydrogen-bond donors (Lipinski definition) is 1. The van der Waals surface area contributed by atoms with Gasteiger partial charge in [0.25, 0.3) is 5.91 Å². The lowest BCUT2D eigenvalue weighted by atomic mass is 9.82. The van der Waals surface area contributed by atoms with Crippen LogP contribution >= 0.6 is 0 Å². The molecule has 1 aliphatic rings. The van der Waals surface area contributed by atoms with Crippen LogP contribution in [0.2, 0.25) is 0 Å². The van der Waals surface area contributed by atoms with E-state index in [9.17, 15) is 9.59 Å². The fourth-order valence-electron chi connectivity index (χ4n) is 4.33. The van der Waals surface area contributed by atoms with Crippen molar-refractivity contribution < 1.29 is 9.59 Å². The quantitative estimate of drug-likeness (QED) is 0.717. The summed E-state index contributed by atoms with van der Waals surface area (Å²) in [5.41, 5.74) is 1.31. The van der Waals surface area contributed by atoms with Crippen LogP contribution in [0.1, 0.15) is 68.8 Å². The van der Waals surface area contributed by atoms with E-state index in [0.29, 0.717) is 12.1 Å². The van der Waals surface area contributed by atoms with Gasteiger partial charge in [-0.1, -0.05) is 67.8 Å². The van der Waals surface area contributed by atoms with Crippen LogP contribution in [-0.2, 0) is 11.3 Å². The van der Waals surface area contributed by atoms with Gasteiger partial charge in [-0.15, -0.1) is 0 Å². The van der Waals surface area contributed by atoms with Crippen LogP contribution in [0.5, 0.6) is 0 Å². The van der Waals surface area contributed by atoms with Crippen LogP contribution in [0, 0.1) is 5.92 Å². The number of carbonyl (C=O) groups is 2. The summed E-state index contributed by atoms with van der Waals surface area (Å²) in [5.74, 6) is 0.0474. The van der Waals surface area contributed by atoms with Crippen LogP contribution in [0.4, 0.5) is 0 Å². The predicted octanol–water partition coefficient (Wildman–Crippen LogP) is 5.19. The van der Waals surface area contributed by atoms with Gasteiger partial charge in [0.1, 0.15) is 6.04 Å². The molecular weight excluding hydrogens is 372 g/mol. The Morgan fingerprint density at radius 3 is 2.07 bits per heavy atom. The number of nitrogens with zero attached hydrogens (tertiary/aromatic N) is 1. The number of hydrogen-bond acceptors (Lipinski definition) is 2. The molecule has 30 heavy (non-hydrogen) atoms. The lowest BCUT2D eigenvalue weighted by Gasteiger charge is -2.39. The third-order valence-corrected chi connectivity index (χ3v) is 5.68. The Bertz CT molecular complexity index is 821. The van der Waals surface area contributed by atoms with Crippen molar-refractivity contribution in [1.29, 1.82) is 0 Å². The van der Waals surface area contributed by atoms with Crippen molar-refractivity contribution in [3.8, 4) is 0 Å². The Balaban J connectivity index is 1.99. The Labute approximate surface area is 180 Å². The molecule has 1 saturated carbocycles. The molecule has 2 amide bonds. The van der Waals surface area contributed by atoms with Crippen molar-refractivity contribution in [3.63, 3.8) is 0 Å². The van der Waals surface area contributed by atoms with Crippen LogP contribution < -0.4 is 5.32 Å². The summed E-state index contributed by atoms with van der Waals surface area (Å²) in [7, 11) is 0. The van der Waals surface area contributed by atoms with Gasteiger partial charge in [-0.3, -0.25) is 9.59 Å². The molecule has 0 aromatic heterocycles. The van der Waals surface area contributed by atoms with Gasteiger partial charge in [-0.25, -0.2) is 0 Å². The fourth-order valence-corrected chi connectivity index (χ4v) is 4.33. The number of carbonyl (C=O) groups excluding carboxylic acids is 2. The first-order valence-electron chi connectivity index (χ1n) is 11.1. The highest BCUT2D eigenvalue weighted by molar-refractivity contribution is 5.97. The van der Waals surface area contributed by atoms with Gasteiger partial charge in [-0.05, 0) is 57.2 Å². The summed E-state index contributed by atoms with van der Waals surface area (Å²) < 4.78 is 0. The van der Waals surface area contributed by atoms with E-state index in [0.717, 1.165) is 31.2 Å². The molecule has 4 heteroatoms. The van der Waals surface area contributed by atoms with E-state index in [1.807, 2.05) is 86.3 Å². The second-order valence-electron chi connectivity index (χ2n) is 9.37. The molecule has 160 valence electrons. The summed E-state index contributed by atoms with van der Waals surface area (Å²) in [4.78, 5) is 29.0. The van der Waals surface area contributed by atoms with E-state index in [2.05, 4.69) is 5.32 Å². The largest absolute Gasteiger partial charge is 0.350 e. The molecule has 2 aromatic rings. The highest BCUT2D eigenvalue weighted by Gasteiger charge is 2.38. The predicted molar refractivity (Wildman–Crippen MR) is 121 cm³/mol. The number of benzene rings is 2. The summed E-state index contributed by atoms with van der Waals surface area (Å²) in [6.45, 7) is 6.39. The normalized spacial score (nSPS) is 16.0. The molecule has 0 unspecified atom stereocenters. The Kier molecular flexibility index (Phi) is 7.30. The zero-order valence-electron chi connectivity index (χ0n) is 18.4. The second-order valence-corrected chi connectivity index (χ2v) is 9.37. The van der Waals surface area contributed by atoms with E-state index in [-0.39, 0.29) is 23.3 Å². The zero-order valence-corrected chi connectivity index (χ0v) is 18.4. The Morgan fingerprint density at radius 2 is 1.50 bits per heavy atom. The van der Waals surface area contributed by atoms with Crippen molar-refractivity contribution >= 4 is 11.8 Å². The maximum absolute atomic E-state index is 13.6. The summed E-state index contributed by atoms with van der Waals surface area (Å²) in [6, 6.07) is 18.8. The summed E-state index contributed by atoms with van der Waals surface area (Å²) >= 11 is 0. The topological polar surface area (TPSA) is 49.4 Å². The molecule has 1 N–H and O–H groups in total. The molecule has 1 aliphatic carbocycles. The summed E-state index contributed by atoms with van der Waals surface area (Å²) in [5, 5.41) is 3.16. The first kappa shape index (κ1) is 22.1. The third-order valence-electron chi connectivity index (χ3n) is 5.68. The molecule has 4 nitrogen and oxygen atoms in total. The van der Waals surface area contributed by atoms with E-state index >= 15 is 0 Å². The van der Waals surface area contributed by atoms with E-state index in [4.69, 9.17) is 0 Å².